The van der Waals surface area contributed by atoms with Crippen molar-refractivity contribution in [3.63, 3.8) is 0 Å². The SMILES string of the molecule is O=C(Nc1nc2ccc(C(=O)N3CCOCC3)cc2s1)N1CCN(C(=O)c2cccc(F)c2)CC1. The van der Waals surface area contributed by atoms with Crippen molar-refractivity contribution in [1.82, 2.24) is 19.7 Å². The molecule has 0 bridgehead atoms. The molecule has 2 fully saturated rings. The first-order valence-corrected chi connectivity index (χ1v) is 12.2. The summed E-state index contributed by atoms with van der Waals surface area (Å²) >= 11 is 1.31. The average Bonchev–Trinajstić information content (AvgIpc) is 3.30. The summed E-state index contributed by atoms with van der Waals surface area (Å²) in [5.41, 5.74) is 1.58. The Morgan fingerprint density at radius 3 is 2.23 bits per heavy atom. The highest BCUT2D eigenvalue weighted by Gasteiger charge is 2.26. The van der Waals surface area contributed by atoms with E-state index in [1.54, 1.807) is 39.0 Å². The standard InChI is InChI=1S/C24H24FN5O4S/c25-18-3-1-2-16(14-18)21(31)28-6-8-30(9-7-28)24(33)27-23-26-19-5-4-17(15-20(19)35-23)22(32)29-10-12-34-13-11-29/h1-5,14-15H,6-13H2,(H,26,27,33). The van der Waals surface area contributed by atoms with Crippen LogP contribution in [0.3, 0.4) is 0 Å². The molecule has 35 heavy (non-hydrogen) atoms. The number of ether oxygens (including phenoxy) is 1. The van der Waals surface area contributed by atoms with Crippen molar-refractivity contribution in [2.24, 2.45) is 0 Å². The minimum absolute atomic E-state index is 0.0418. The van der Waals surface area contributed by atoms with Gasteiger partial charge in [-0.2, -0.15) is 0 Å². The van der Waals surface area contributed by atoms with E-state index in [0.717, 1.165) is 4.70 Å². The largest absolute Gasteiger partial charge is 0.378 e. The third kappa shape index (κ3) is 5.10. The number of hydrogen-bond donors (Lipinski definition) is 1. The molecule has 11 heteroatoms. The Hall–Kier alpha value is -3.57. The van der Waals surface area contributed by atoms with E-state index in [2.05, 4.69) is 10.3 Å². The van der Waals surface area contributed by atoms with Gasteiger partial charge < -0.3 is 19.4 Å². The van der Waals surface area contributed by atoms with E-state index in [4.69, 9.17) is 4.74 Å². The lowest BCUT2D eigenvalue weighted by atomic mass is 10.2. The zero-order valence-corrected chi connectivity index (χ0v) is 19.7. The molecule has 182 valence electrons. The Morgan fingerprint density at radius 2 is 1.51 bits per heavy atom. The van der Waals surface area contributed by atoms with Gasteiger partial charge in [0, 0.05) is 50.4 Å². The number of carbonyl (C=O) groups is 3. The highest BCUT2D eigenvalue weighted by molar-refractivity contribution is 7.22. The molecular formula is C24H24FN5O4S. The number of rotatable bonds is 3. The van der Waals surface area contributed by atoms with Crippen LogP contribution >= 0.6 is 11.3 Å². The van der Waals surface area contributed by atoms with E-state index in [9.17, 15) is 18.8 Å². The molecule has 1 aromatic heterocycles. The number of anilines is 1. The lowest BCUT2D eigenvalue weighted by Crippen LogP contribution is -2.51. The van der Waals surface area contributed by atoms with Crippen molar-refractivity contribution in [2.75, 3.05) is 57.8 Å². The van der Waals surface area contributed by atoms with Crippen LogP contribution in [0, 0.1) is 5.82 Å². The van der Waals surface area contributed by atoms with Crippen LogP contribution < -0.4 is 5.32 Å². The van der Waals surface area contributed by atoms with Crippen molar-refractivity contribution < 1.29 is 23.5 Å². The van der Waals surface area contributed by atoms with Gasteiger partial charge in [-0.05, 0) is 36.4 Å². The van der Waals surface area contributed by atoms with Gasteiger partial charge >= 0.3 is 6.03 Å². The van der Waals surface area contributed by atoms with E-state index >= 15 is 0 Å². The molecule has 0 radical (unpaired) electrons. The number of amides is 4. The summed E-state index contributed by atoms with van der Waals surface area (Å²) < 4.78 is 19.6. The Balaban J connectivity index is 1.19. The normalized spacial score (nSPS) is 16.4. The summed E-state index contributed by atoms with van der Waals surface area (Å²) in [7, 11) is 0. The van der Waals surface area contributed by atoms with Gasteiger partial charge in [0.25, 0.3) is 11.8 Å². The molecule has 0 atom stereocenters. The Morgan fingerprint density at radius 1 is 0.857 bits per heavy atom. The van der Waals surface area contributed by atoms with Crippen LogP contribution in [0.25, 0.3) is 10.2 Å². The van der Waals surface area contributed by atoms with Crippen molar-refractivity contribution in [2.45, 2.75) is 0 Å². The van der Waals surface area contributed by atoms with Crippen molar-refractivity contribution in [1.29, 1.82) is 0 Å². The number of morpholine rings is 1. The number of urea groups is 1. The van der Waals surface area contributed by atoms with Gasteiger partial charge in [0.1, 0.15) is 5.82 Å². The van der Waals surface area contributed by atoms with E-state index < -0.39 is 5.82 Å². The predicted molar refractivity (Wildman–Crippen MR) is 129 cm³/mol. The molecular weight excluding hydrogens is 473 g/mol. The highest BCUT2D eigenvalue weighted by atomic mass is 32.1. The van der Waals surface area contributed by atoms with Crippen LogP contribution in [0.15, 0.2) is 42.5 Å². The zero-order valence-electron chi connectivity index (χ0n) is 18.9. The summed E-state index contributed by atoms with van der Waals surface area (Å²) in [6, 6.07) is 10.6. The average molecular weight is 498 g/mol. The zero-order chi connectivity index (χ0) is 24.4. The number of carbonyl (C=O) groups excluding carboxylic acids is 3. The topological polar surface area (TPSA) is 95.1 Å². The van der Waals surface area contributed by atoms with Crippen LogP contribution in [0.2, 0.25) is 0 Å². The molecule has 9 nitrogen and oxygen atoms in total. The van der Waals surface area contributed by atoms with Crippen molar-refractivity contribution >= 4 is 44.5 Å². The number of fused-ring (bicyclic) bond motifs is 1. The van der Waals surface area contributed by atoms with Gasteiger partial charge in [-0.25, -0.2) is 14.2 Å². The fourth-order valence-electron chi connectivity index (χ4n) is 4.15. The molecule has 0 unspecified atom stereocenters. The number of aromatic nitrogens is 1. The number of nitrogens with one attached hydrogen (secondary N) is 1. The number of benzene rings is 2. The molecule has 0 aliphatic carbocycles. The van der Waals surface area contributed by atoms with Crippen LogP contribution in [-0.4, -0.2) is 90.0 Å². The smallest absolute Gasteiger partial charge is 0.323 e. The maximum Gasteiger partial charge on any atom is 0.323 e. The lowest BCUT2D eigenvalue weighted by molar-refractivity contribution is 0.0303. The molecule has 0 saturated carbocycles. The van der Waals surface area contributed by atoms with Gasteiger partial charge in [-0.15, -0.1) is 0 Å². The van der Waals surface area contributed by atoms with Gasteiger partial charge in [-0.3, -0.25) is 14.9 Å². The molecule has 4 amide bonds. The first-order chi connectivity index (χ1) is 17.0. The molecule has 2 saturated heterocycles. The van der Waals surface area contributed by atoms with Crippen molar-refractivity contribution in [3.05, 3.63) is 59.4 Å². The van der Waals surface area contributed by atoms with Gasteiger partial charge in [0.15, 0.2) is 5.13 Å². The minimum atomic E-state index is -0.456. The second-order valence-corrected chi connectivity index (χ2v) is 9.36. The van der Waals surface area contributed by atoms with Crippen LogP contribution in [0.1, 0.15) is 20.7 Å². The quantitative estimate of drug-likeness (QED) is 0.601. The molecule has 5 rings (SSSR count). The first-order valence-electron chi connectivity index (χ1n) is 11.4. The number of hydrogen-bond acceptors (Lipinski definition) is 6. The Bertz CT molecular complexity index is 1270. The van der Waals surface area contributed by atoms with Crippen molar-refractivity contribution in [3.8, 4) is 0 Å². The number of piperazine rings is 1. The van der Waals surface area contributed by atoms with E-state index in [0.29, 0.717) is 74.3 Å². The van der Waals surface area contributed by atoms with Gasteiger partial charge in [0.05, 0.1) is 23.4 Å². The van der Waals surface area contributed by atoms with E-state index in [-0.39, 0.29) is 17.8 Å². The van der Waals surface area contributed by atoms with E-state index in [1.165, 1.54) is 29.5 Å². The molecule has 3 heterocycles. The van der Waals surface area contributed by atoms with Gasteiger partial charge in [-0.1, -0.05) is 17.4 Å². The number of halogens is 1. The van der Waals surface area contributed by atoms with Crippen LogP contribution in [-0.2, 0) is 4.74 Å². The van der Waals surface area contributed by atoms with Crippen LogP contribution in [0.4, 0.5) is 14.3 Å². The third-order valence-electron chi connectivity index (χ3n) is 6.07. The molecule has 2 aliphatic heterocycles. The highest BCUT2D eigenvalue weighted by Crippen LogP contribution is 2.28. The van der Waals surface area contributed by atoms with Crippen LogP contribution in [0.5, 0.6) is 0 Å². The molecule has 2 aromatic carbocycles. The second-order valence-electron chi connectivity index (χ2n) is 8.33. The third-order valence-corrected chi connectivity index (χ3v) is 7.01. The first kappa shape index (κ1) is 23.2. The summed E-state index contributed by atoms with van der Waals surface area (Å²) in [6.45, 7) is 3.65. The van der Waals surface area contributed by atoms with Gasteiger partial charge in [0.2, 0.25) is 0 Å². The minimum Gasteiger partial charge on any atom is -0.378 e. The summed E-state index contributed by atoms with van der Waals surface area (Å²) in [5.74, 6) is -0.750. The van der Waals surface area contributed by atoms with E-state index in [1.807, 2.05) is 0 Å². The summed E-state index contributed by atoms with van der Waals surface area (Å²) in [5, 5.41) is 3.27. The molecule has 2 aliphatic rings. The fraction of sp³-hybridized carbons (Fsp3) is 0.333. The predicted octanol–water partition coefficient (Wildman–Crippen LogP) is 2.90. The lowest BCUT2D eigenvalue weighted by Gasteiger charge is -2.34. The second kappa shape index (κ2) is 9.96. The molecule has 1 N–H and O–H groups in total. The Labute approximate surface area is 205 Å². The molecule has 3 aromatic rings. The Kier molecular flexibility index (Phi) is 6.60. The maximum atomic E-state index is 13.4. The summed E-state index contributed by atoms with van der Waals surface area (Å²) in [6.07, 6.45) is 0. The maximum absolute atomic E-state index is 13.4. The number of thiazole rings is 1. The summed E-state index contributed by atoms with van der Waals surface area (Å²) in [4.78, 5) is 47.6. The monoisotopic (exact) mass is 497 g/mol. The molecule has 0 spiro atoms. The fourth-order valence-corrected chi connectivity index (χ4v) is 5.04. The number of nitrogens with zero attached hydrogens (tertiary/aromatic N) is 4.